The van der Waals surface area contributed by atoms with Crippen LogP contribution in [0.15, 0.2) is 36.5 Å². The highest BCUT2D eigenvalue weighted by Crippen LogP contribution is 2.33. The number of ether oxygens (including phenoxy) is 1. The first-order valence-electron chi connectivity index (χ1n) is 8.54. The molecule has 0 aromatic carbocycles. The number of nitrogens with one attached hydrogen (secondary N) is 2. The van der Waals surface area contributed by atoms with Gasteiger partial charge in [-0.3, -0.25) is 5.32 Å². The number of carbonyl (C=O) groups excluding carboxylic acids is 1. The van der Waals surface area contributed by atoms with Gasteiger partial charge in [-0.25, -0.2) is 14.8 Å². The number of nitrogens with zero attached hydrogens (tertiary/aromatic N) is 2. The second-order valence-corrected chi connectivity index (χ2v) is 6.15. The van der Waals surface area contributed by atoms with E-state index >= 15 is 0 Å². The van der Waals surface area contributed by atoms with Gasteiger partial charge in [0.05, 0.1) is 0 Å². The molecule has 0 radical (unpaired) electrons. The number of rotatable bonds is 4. The van der Waals surface area contributed by atoms with Crippen LogP contribution in [0.4, 0.5) is 23.8 Å². The van der Waals surface area contributed by atoms with Crippen LogP contribution in [0.3, 0.4) is 0 Å². The zero-order valence-corrected chi connectivity index (χ0v) is 14.4. The summed E-state index contributed by atoms with van der Waals surface area (Å²) < 4.78 is 44.4. The maximum Gasteiger partial charge on any atom is 0.433 e. The Morgan fingerprint density at radius 2 is 1.96 bits per heavy atom. The van der Waals surface area contributed by atoms with Gasteiger partial charge in [-0.2, -0.15) is 13.2 Å². The van der Waals surface area contributed by atoms with Crippen LogP contribution in [0.25, 0.3) is 0 Å². The summed E-state index contributed by atoms with van der Waals surface area (Å²) in [5.74, 6) is 0.252. The summed E-state index contributed by atoms with van der Waals surface area (Å²) in [4.78, 5) is 19.9. The summed E-state index contributed by atoms with van der Waals surface area (Å²) in [6.45, 7) is 1.03. The molecule has 3 heterocycles. The molecule has 1 aliphatic heterocycles. The summed E-state index contributed by atoms with van der Waals surface area (Å²) in [5, 5.41) is 5.21. The molecule has 27 heavy (non-hydrogen) atoms. The van der Waals surface area contributed by atoms with Gasteiger partial charge < -0.3 is 10.1 Å². The molecule has 1 saturated heterocycles. The van der Waals surface area contributed by atoms with E-state index in [1.807, 2.05) is 0 Å². The highest BCUT2D eigenvalue weighted by molar-refractivity contribution is 5.88. The van der Waals surface area contributed by atoms with Crippen molar-refractivity contribution in [2.75, 3.05) is 18.5 Å². The molecule has 0 atom stereocenters. The van der Waals surface area contributed by atoms with Gasteiger partial charge in [-0.05, 0) is 36.6 Å². The van der Waals surface area contributed by atoms with Crippen molar-refractivity contribution in [2.24, 2.45) is 0 Å². The van der Waals surface area contributed by atoms with Gasteiger partial charge in [0.2, 0.25) is 0 Å². The number of amides is 2. The van der Waals surface area contributed by atoms with Crippen molar-refractivity contribution < 1.29 is 22.7 Å². The molecule has 0 unspecified atom stereocenters. The van der Waals surface area contributed by atoms with Gasteiger partial charge in [0, 0.05) is 37.6 Å². The lowest BCUT2D eigenvalue weighted by atomic mass is 9.92. The first-order chi connectivity index (χ1) is 12.9. The highest BCUT2D eigenvalue weighted by Gasteiger charge is 2.34. The lowest BCUT2D eigenvalue weighted by Crippen LogP contribution is -2.29. The fourth-order valence-electron chi connectivity index (χ4n) is 2.91. The molecular formula is C18H19F3N4O2. The third-order valence-electron chi connectivity index (χ3n) is 4.26. The van der Waals surface area contributed by atoms with E-state index in [-0.39, 0.29) is 12.5 Å². The van der Waals surface area contributed by atoms with E-state index in [1.165, 1.54) is 6.07 Å². The van der Waals surface area contributed by atoms with Gasteiger partial charge in [0.15, 0.2) is 0 Å². The van der Waals surface area contributed by atoms with Gasteiger partial charge in [-0.1, -0.05) is 12.1 Å². The van der Waals surface area contributed by atoms with Crippen LogP contribution in [0.2, 0.25) is 0 Å². The van der Waals surface area contributed by atoms with Gasteiger partial charge in [0.25, 0.3) is 0 Å². The van der Waals surface area contributed by atoms with Gasteiger partial charge in [-0.15, -0.1) is 0 Å². The minimum absolute atomic E-state index is 0.0660. The number of aromatic nitrogens is 2. The quantitative estimate of drug-likeness (QED) is 0.848. The lowest BCUT2D eigenvalue weighted by molar-refractivity contribution is -0.141. The summed E-state index contributed by atoms with van der Waals surface area (Å²) in [6, 6.07) is 6.90. The highest BCUT2D eigenvalue weighted by atomic mass is 19.4. The zero-order chi connectivity index (χ0) is 19.3. The molecule has 0 aliphatic carbocycles. The fourth-order valence-corrected chi connectivity index (χ4v) is 2.91. The Kier molecular flexibility index (Phi) is 5.90. The maximum atomic E-state index is 13.0. The molecular weight excluding hydrogens is 361 g/mol. The Morgan fingerprint density at radius 3 is 2.63 bits per heavy atom. The number of urea groups is 1. The Morgan fingerprint density at radius 1 is 1.19 bits per heavy atom. The standard InChI is InChI=1S/C18H19F3N4O2/c19-18(20,21)14-5-4-13(16(24-14)12-6-9-27-10-7-12)11-23-17(26)25-15-3-1-2-8-22-15/h1-5,8,12H,6-7,9-11H2,(H2,22,23,25,26). The predicted octanol–water partition coefficient (Wildman–Crippen LogP) is 3.71. The van der Waals surface area contributed by atoms with E-state index in [0.717, 1.165) is 6.07 Å². The SMILES string of the molecule is O=C(NCc1ccc(C(F)(F)F)nc1C1CCOCC1)Nc1ccccn1. The smallest absolute Gasteiger partial charge is 0.381 e. The van der Waals surface area contributed by atoms with E-state index in [9.17, 15) is 18.0 Å². The zero-order valence-electron chi connectivity index (χ0n) is 14.4. The molecule has 2 aromatic heterocycles. The van der Waals surface area contributed by atoms with E-state index in [1.54, 1.807) is 24.4 Å². The molecule has 2 aromatic rings. The first kappa shape index (κ1) is 19.1. The van der Waals surface area contributed by atoms with Crippen molar-refractivity contribution in [3.8, 4) is 0 Å². The van der Waals surface area contributed by atoms with Crippen LogP contribution in [0, 0.1) is 0 Å². The van der Waals surface area contributed by atoms with Crippen LogP contribution in [-0.4, -0.2) is 29.2 Å². The number of carbonyl (C=O) groups is 1. The summed E-state index contributed by atoms with van der Waals surface area (Å²) in [5.41, 5.74) is 0.00279. The van der Waals surface area contributed by atoms with Crippen LogP contribution < -0.4 is 10.6 Å². The molecule has 9 heteroatoms. The van der Waals surface area contributed by atoms with Crippen molar-refractivity contribution in [3.63, 3.8) is 0 Å². The molecule has 2 amide bonds. The largest absolute Gasteiger partial charge is 0.433 e. The molecule has 6 nitrogen and oxygen atoms in total. The minimum atomic E-state index is -4.51. The summed E-state index contributed by atoms with van der Waals surface area (Å²) in [7, 11) is 0. The minimum Gasteiger partial charge on any atom is -0.381 e. The Hall–Kier alpha value is -2.68. The molecule has 144 valence electrons. The molecule has 1 aliphatic rings. The molecule has 1 fully saturated rings. The number of anilines is 1. The lowest BCUT2D eigenvalue weighted by Gasteiger charge is -2.24. The second-order valence-electron chi connectivity index (χ2n) is 6.15. The van der Waals surface area contributed by atoms with Crippen molar-refractivity contribution in [3.05, 3.63) is 53.5 Å². The van der Waals surface area contributed by atoms with Crippen LogP contribution in [-0.2, 0) is 17.5 Å². The van der Waals surface area contributed by atoms with Crippen LogP contribution in [0.1, 0.15) is 35.7 Å². The Bertz CT molecular complexity index is 778. The van der Waals surface area contributed by atoms with E-state index < -0.39 is 17.9 Å². The monoisotopic (exact) mass is 380 g/mol. The predicted molar refractivity (Wildman–Crippen MR) is 92.1 cm³/mol. The topological polar surface area (TPSA) is 76.1 Å². The summed E-state index contributed by atoms with van der Waals surface area (Å²) in [6.07, 6.45) is -1.77. The molecule has 0 saturated carbocycles. The number of halogens is 3. The van der Waals surface area contributed by atoms with Gasteiger partial charge in [0.1, 0.15) is 11.5 Å². The van der Waals surface area contributed by atoms with Crippen molar-refractivity contribution >= 4 is 11.8 Å². The Balaban J connectivity index is 1.74. The average molecular weight is 380 g/mol. The normalized spacial score (nSPS) is 15.4. The molecule has 2 N–H and O–H groups in total. The third-order valence-corrected chi connectivity index (χ3v) is 4.26. The number of hydrogen-bond donors (Lipinski definition) is 2. The first-order valence-corrected chi connectivity index (χ1v) is 8.54. The third kappa shape index (κ3) is 5.16. The Labute approximate surface area is 154 Å². The fraction of sp³-hybridized carbons (Fsp3) is 0.389. The van der Waals surface area contributed by atoms with E-state index in [0.29, 0.717) is 43.1 Å². The van der Waals surface area contributed by atoms with E-state index in [4.69, 9.17) is 4.74 Å². The van der Waals surface area contributed by atoms with E-state index in [2.05, 4.69) is 20.6 Å². The molecule has 0 spiro atoms. The van der Waals surface area contributed by atoms with Crippen LogP contribution >= 0.6 is 0 Å². The average Bonchev–Trinajstić information content (AvgIpc) is 2.67. The number of pyridine rings is 2. The van der Waals surface area contributed by atoms with Crippen molar-refractivity contribution in [1.29, 1.82) is 0 Å². The molecule has 0 bridgehead atoms. The number of alkyl halides is 3. The van der Waals surface area contributed by atoms with Gasteiger partial charge >= 0.3 is 12.2 Å². The maximum absolute atomic E-state index is 13.0. The molecule has 3 rings (SSSR count). The summed E-state index contributed by atoms with van der Waals surface area (Å²) >= 11 is 0. The van der Waals surface area contributed by atoms with Crippen molar-refractivity contribution in [1.82, 2.24) is 15.3 Å². The second kappa shape index (κ2) is 8.34. The van der Waals surface area contributed by atoms with Crippen LogP contribution in [0.5, 0.6) is 0 Å². The van der Waals surface area contributed by atoms with Crippen molar-refractivity contribution in [2.45, 2.75) is 31.5 Å². The number of hydrogen-bond acceptors (Lipinski definition) is 4.